The molecule has 5 rings (SSSR count). The van der Waals surface area contributed by atoms with E-state index in [1.165, 1.54) is 12.7 Å². The molecule has 0 unspecified atom stereocenters. The molecule has 1 aliphatic rings. The second-order valence-electron chi connectivity index (χ2n) is 7.64. The van der Waals surface area contributed by atoms with Gasteiger partial charge in [0.05, 0.1) is 36.6 Å². The number of benzene rings is 1. The quantitative estimate of drug-likeness (QED) is 0.342. The van der Waals surface area contributed by atoms with Gasteiger partial charge in [-0.15, -0.1) is 0 Å². The number of hydrogen-bond acceptors (Lipinski definition) is 9. The highest BCUT2D eigenvalue weighted by Gasteiger charge is 2.39. The number of imidazole rings is 1. The molecule has 1 amide bonds. The topological polar surface area (TPSA) is 161 Å². The predicted molar refractivity (Wildman–Crippen MR) is 114 cm³/mol. The molecule has 11 nitrogen and oxygen atoms in total. The van der Waals surface area contributed by atoms with Gasteiger partial charge in [0, 0.05) is 11.6 Å². The number of fused-ring (bicyclic) bond motifs is 2. The van der Waals surface area contributed by atoms with Crippen molar-refractivity contribution >= 4 is 33.8 Å². The fourth-order valence-electron chi connectivity index (χ4n) is 3.93. The highest BCUT2D eigenvalue weighted by Crippen LogP contribution is 2.22. The fourth-order valence-corrected chi connectivity index (χ4v) is 3.93. The molecular weight excluding hydrogens is 414 g/mol. The Labute approximate surface area is 181 Å². The number of nitrogens with zero attached hydrogens (tertiary/aromatic N) is 5. The minimum atomic E-state index is -1.24. The minimum Gasteiger partial charge on any atom is -0.388 e. The van der Waals surface area contributed by atoms with Crippen LogP contribution in [-0.2, 0) is 11.3 Å². The Bertz CT molecular complexity index is 1290. The second-order valence-corrected chi connectivity index (χ2v) is 7.64. The van der Waals surface area contributed by atoms with Gasteiger partial charge in [-0.05, 0) is 12.1 Å². The molecule has 0 aliphatic carbocycles. The minimum absolute atomic E-state index is 0.0244. The summed E-state index contributed by atoms with van der Waals surface area (Å²) in [6.07, 6.45) is 1.28. The number of amides is 1. The Kier molecular flexibility index (Phi) is 5.13. The first-order valence-electron chi connectivity index (χ1n) is 10.1. The van der Waals surface area contributed by atoms with Gasteiger partial charge in [-0.1, -0.05) is 18.2 Å². The number of nitrogen functional groups attached to an aromatic ring is 1. The van der Waals surface area contributed by atoms with E-state index in [-0.39, 0.29) is 19.0 Å². The number of aliphatic hydroxyl groups excluding tert-OH is 2. The Morgan fingerprint density at radius 1 is 1.12 bits per heavy atom. The van der Waals surface area contributed by atoms with Crippen molar-refractivity contribution in [1.29, 1.82) is 0 Å². The van der Waals surface area contributed by atoms with E-state index in [1.807, 2.05) is 12.1 Å². The summed E-state index contributed by atoms with van der Waals surface area (Å²) in [4.78, 5) is 29.4. The first-order valence-corrected chi connectivity index (χ1v) is 10.1. The van der Waals surface area contributed by atoms with Crippen LogP contribution in [0.3, 0.4) is 0 Å². The predicted octanol–water partition coefficient (Wildman–Crippen LogP) is -0.124. The highest BCUT2D eigenvalue weighted by molar-refractivity contribution is 6.05. The summed E-state index contributed by atoms with van der Waals surface area (Å²) in [6, 6.07) is 8.17. The molecule has 4 atom stereocenters. The van der Waals surface area contributed by atoms with E-state index in [2.05, 4.69) is 25.3 Å². The maximum Gasteiger partial charge on any atom is 0.253 e. The Morgan fingerprint density at radius 2 is 1.97 bits per heavy atom. The van der Waals surface area contributed by atoms with Crippen LogP contribution in [0, 0.1) is 0 Å². The molecule has 0 radical (unpaired) electrons. The Hall–Kier alpha value is -3.67. The summed E-state index contributed by atoms with van der Waals surface area (Å²) in [7, 11) is 0. The van der Waals surface area contributed by atoms with E-state index in [0.717, 1.165) is 5.39 Å². The van der Waals surface area contributed by atoms with Gasteiger partial charge >= 0.3 is 0 Å². The van der Waals surface area contributed by atoms with Gasteiger partial charge in [-0.25, -0.2) is 15.0 Å². The number of aliphatic hydroxyl groups is 2. The molecule has 32 heavy (non-hydrogen) atoms. The standard InChI is InChI=1S/C21H21N7O4/c22-19-16-20(25-9-24-19)28(10-26-16)7-14-18(30)17(29)13(8-32-14)27-21(31)12-5-1-3-11-4-2-6-23-15(11)12/h1-6,9-10,13-14,17-18,29-30H,7-8H2,(H,27,31)(H2,22,24,25)/t13-,14-,17+,18-/m1/s1. The molecule has 0 bridgehead atoms. The van der Waals surface area contributed by atoms with Crippen LogP contribution in [-0.4, -0.2) is 71.6 Å². The third-order valence-corrected chi connectivity index (χ3v) is 5.63. The molecular formula is C21H21N7O4. The number of ether oxygens (including phenoxy) is 1. The van der Waals surface area contributed by atoms with Gasteiger partial charge < -0.3 is 30.6 Å². The molecule has 1 aliphatic heterocycles. The molecule has 0 spiro atoms. The molecule has 164 valence electrons. The van der Waals surface area contributed by atoms with Crippen molar-refractivity contribution < 1.29 is 19.7 Å². The molecule has 4 heterocycles. The van der Waals surface area contributed by atoms with Crippen molar-refractivity contribution in [3.05, 3.63) is 54.7 Å². The summed E-state index contributed by atoms with van der Waals surface area (Å²) in [5, 5.41) is 24.9. The van der Waals surface area contributed by atoms with Crippen molar-refractivity contribution in [3.8, 4) is 0 Å². The average Bonchev–Trinajstić information content (AvgIpc) is 3.22. The van der Waals surface area contributed by atoms with Crippen LogP contribution in [0.2, 0.25) is 0 Å². The van der Waals surface area contributed by atoms with E-state index in [1.54, 1.807) is 29.0 Å². The SMILES string of the molecule is Nc1ncnc2c1ncn2C[C@H]1OC[C@@H](NC(=O)c2cccc3cccnc23)[C@H](O)[C@@H]1O. The highest BCUT2D eigenvalue weighted by atomic mass is 16.5. The number of carbonyl (C=O) groups excluding carboxylic acids is 1. The maximum absolute atomic E-state index is 12.9. The summed E-state index contributed by atoms with van der Waals surface area (Å²) in [5.41, 5.74) is 7.70. The van der Waals surface area contributed by atoms with Gasteiger partial charge in [0.1, 0.15) is 30.2 Å². The lowest BCUT2D eigenvalue weighted by atomic mass is 9.97. The number of aromatic nitrogens is 5. The number of rotatable bonds is 4. The lowest BCUT2D eigenvalue weighted by Gasteiger charge is -2.38. The van der Waals surface area contributed by atoms with Crippen LogP contribution in [0.25, 0.3) is 22.1 Å². The zero-order valence-electron chi connectivity index (χ0n) is 16.9. The monoisotopic (exact) mass is 435 g/mol. The van der Waals surface area contributed by atoms with Gasteiger partial charge in [-0.2, -0.15) is 0 Å². The lowest BCUT2D eigenvalue weighted by Crippen LogP contribution is -2.59. The van der Waals surface area contributed by atoms with E-state index in [9.17, 15) is 15.0 Å². The molecule has 11 heteroatoms. The summed E-state index contributed by atoms with van der Waals surface area (Å²) in [5.74, 6) is -0.148. The largest absolute Gasteiger partial charge is 0.388 e. The van der Waals surface area contributed by atoms with E-state index in [0.29, 0.717) is 22.2 Å². The van der Waals surface area contributed by atoms with Gasteiger partial charge in [0.15, 0.2) is 11.5 Å². The Morgan fingerprint density at radius 3 is 2.84 bits per heavy atom. The van der Waals surface area contributed by atoms with Crippen LogP contribution >= 0.6 is 0 Å². The molecule has 1 fully saturated rings. The van der Waals surface area contributed by atoms with Gasteiger partial charge in [0.2, 0.25) is 0 Å². The average molecular weight is 435 g/mol. The molecule has 4 aromatic rings. The normalized spacial score (nSPS) is 23.4. The fraction of sp³-hybridized carbons (Fsp3) is 0.286. The lowest BCUT2D eigenvalue weighted by molar-refractivity contribution is -0.152. The number of anilines is 1. The third kappa shape index (κ3) is 3.51. The second kappa shape index (κ2) is 8.11. The Balaban J connectivity index is 1.29. The zero-order valence-corrected chi connectivity index (χ0v) is 16.9. The molecule has 3 aromatic heterocycles. The van der Waals surface area contributed by atoms with Crippen molar-refractivity contribution in [2.45, 2.75) is 30.9 Å². The van der Waals surface area contributed by atoms with Crippen LogP contribution in [0.4, 0.5) is 5.82 Å². The van der Waals surface area contributed by atoms with Crippen LogP contribution in [0.1, 0.15) is 10.4 Å². The first kappa shape index (κ1) is 20.2. The van der Waals surface area contributed by atoms with Gasteiger partial charge in [-0.3, -0.25) is 9.78 Å². The molecule has 5 N–H and O–H groups in total. The van der Waals surface area contributed by atoms with Crippen molar-refractivity contribution in [3.63, 3.8) is 0 Å². The summed E-state index contributed by atoms with van der Waals surface area (Å²) < 4.78 is 7.46. The maximum atomic E-state index is 12.9. The molecule has 1 saturated heterocycles. The molecule has 0 saturated carbocycles. The number of nitrogens with one attached hydrogen (secondary N) is 1. The number of nitrogens with two attached hydrogens (primary N) is 1. The van der Waals surface area contributed by atoms with E-state index < -0.39 is 30.3 Å². The summed E-state index contributed by atoms with van der Waals surface area (Å²) >= 11 is 0. The zero-order chi connectivity index (χ0) is 22.2. The van der Waals surface area contributed by atoms with E-state index >= 15 is 0 Å². The van der Waals surface area contributed by atoms with Crippen molar-refractivity contribution in [2.24, 2.45) is 0 Å². The number of para-hydroxylation sites is 1. The van der Waals surface area contributed by atoms with Crippen molar-refractivity contribution in [2.75, 3.05) is 12.3 Å². The van der Waals surface area contributed by atoms with E-state index in [4.69, 9.17) is 10.5 Å². The van der Waals surface area contributed by atoms with Crippen LogP contribution in [0.5, 0.6) is 0 Å². The summed E-state index contributed by atoms with van der Waals surface area (Å²) in [6.45, 7) is 0.218. The van der Waals surface area contributed by atoms with Crippen LogP contribution in [0.15, 0.2) is 49.2 Å². The molecule has 1 aromatic carbocycles. The third-order valence-electron chi connectivity index (χ3n) is 5.63. The number of hydrogen-bond donors (Lipinski definition) is 4. The number of carbonyl (C=O) groups is 1. The first-order chi connectivity index (χ1) is 15.5. The van der Waals surface area contributed by atoms with Crippen molar-refractivity contribution in [1.82, 2.24) is 29.8 Å². The number of pyridine rings is 1. The van der Waals surface area contributed by atoms with Crippen LogP contribution < -0.4 is 11.1 Å². The van der Waals surface area contributed by atoms with Gasteiger partial charge in [0.25, 0.3) is 5.91 Å². The smallest absolute Gasteiger partial charge is 0.253 e.